The number of anilines is 1. The zero-order valence-electron chi connectivity index (χ0n) is 17.9. The molecule has 5 rings (SSSR count). The molecule has 3 aliphatic heterocycles. The minimum atomic E-state index is -0.982. The van der Waals surface area contributed by atoms with Gasteiger partial charge in [0.1, 0.15) is 6.04 Å². The summed E-state index contributed by atoms with van der Waals surface area (Å²) in [5.74, 6) is -2.05. The van der Waals surface area contributed by atoms with E-state index < -0.39 is 29.7 Å². The number of nitrogens with one attached hydrogen (secondary N) is 3. The van der Waals surface area contributed by atoms with E-state index in [2.05, 4.69) is 21.0 Å². The number of piperidine rings is 1. The molecule has 11 heteroatoms. The molecule has 4 heterocycles. The molecule has 0 saturated carbocycles. The second-order valence-electron chi connectivity index (χ2n) is 8.28. The van der Waals surface area contributed by atoms with Crippen LogP contribution in [-0.2, 0) is 20.9 Å². The van der Waals surface area contributed by atoms with Gasteiger partial charge in [0.15, 0.2) is 0 Å². The molecule has 3 N–H and O–H groups in total. The van der Waals surface area contributed by atoms with E-state index in [1.165, 1.54) is 0 Å². The molecule has 2 atom stereocenters. The number of rotatable bonds is 5. The molecule has 1 aromatic carbocycles. The first-order chi connectivity index (χ1) is 16.0. The van der Waals surface area contributed by atoms with Crippen LogP contribution in [-0.4, -0.2) is 70.7 Å². The highest BCUT2D eigenvalue weighted by Crippen LogP contribution is 2.30. The normalized spacial score (nSPS) is 23.3. The number of carbonyl (C=O) groups is 4. The molecule has 172 valence electrons. The Kier molecular flexibility index (Phi) is 5.65. The number of hydrogen-bond acceptors (Lipinski definition) is 8. The van der Waals surface area contributed by atoms with Gasteiger partial charge in [-0.2, -0.15) is 5.10 Å². The number of carbonyl (C=O) groups excluding carboxylic acids is 4. The Labute approximate surface area is 189 Å². The second kappa shape index (κ2) is 8.75. The average Bonchev–Trinajstić information content (AvgIpc) is 3.24. The van der Waals surface area contributed by atoms with Crippen molar-refractivity contribution in [2.45, 2.75) is 31.5 Å². The minimum Gasteiger partial charge on any atom is -0.378 e. The zero-order chi connectivity index (χ0) is 22.9. The highest BCUT2D eigenvalue weighted by Gasteiger charge is 2.45. The van der Waals surface area contributed by atoms with Crippen molar-refractivity contribution < 1.29 is 23.9 Å². The summed E-state index contributed by atoms with van der Waals surface area (Å²) < 4.78 is 7.42. The van der Waals surface area contributed by atoms with Crippen LogP contribution in [0.5, 0.6) is 0 Å². The van der Waals surface area contributed by atoms with Crippen LogP contribution in [0, 0.1) is 0 Å². The van der Waals surface area contributed by atoms with E-state index in [-0.39, 0.29) is 30.0 Å². The Balaban J connectivity index is 1.32. The van der Waals surface area contributed by atoms with Crippen molar-refractivity contribution in [3.63, 3.8) is 0 Å². The fourth-order valence-electron chi connectivity index (χ4n) is 4.42. The van der Waals surface area contributed by atoms with Gasteiger partial charge in [-0.3, -0.25) is 34.1 Å². The van der Waals surface area contributed by atoms with Gasteiger partial charge >= 0.3 is 0 Å². The van der Waals surface area contributed by atoms with Crippen LogP contribution < -0.4 is 16.0 Å². The molecule has 3 aliphatic rings. The monoisotopic (exact) mass is 452 g/mol. The first-order valence-corrected chi connectivity index (χ1v) is 10.9. The van der Waals surface area contributed by atoms with Crippen molar-refractivity contribution in [3.8, 4) is 0 Å². The zero-order valence-corrected chi connectivity index (χ0v) is 17.9. The van der Waals surface area contributed by atoms with Crippen LogP contribution >= 0.6 is 0 Å². The van der Waals surface area contributed by atoms with E-state index in [0.29, 0.717) is 25.3 Å². The summed E-state index contributed by atoms with van der Waals surface area (Å²) >= 11 is 0. The molecule has 33 heavy (non-hydrogen) atoms. The number of aromatic nitrogens is 2. The van der Waals surface area contributed by atoms with Crippen molar-refractivity contribution >= 4 is 29.3 Å². The molecular formula is C22H24N6O5. The van der Waals surface area contributed by atoms with Gasteiger partial charge in [-0.1, -0.05) is 12.1 Å². The molecule has 2 fully saturated rings. The van der Waals surface area contributed by atoms with Crippen LogP contribution in [0.15, 0.2) is 30.6 Å². The molecule has 2 aromatic rings. The molecule has 1 aromatic heterocycles. The third-order valence-electron chi connectivity index (χ3n) is 6.13. The number of benzene rings is 1. The molecular weight excluding hydrogens is 428 g/mol. The van der Waals surface area contributed by atoms with Crippen molar-refractivity contribution in [2.75, 3.05) is 31.6 Å². The van der Waals surface area contributed by atoms with Gasteiger partial charge < -0.3 is 15.4 Å². The highest BCUT2D eigenvalue weighted by atomic mass is 16.5. The molecule has 4 amide bonds. The smallest absolute Gasteiger partial charge is 0.262 e. The summed E-state index contributed by atoms with van der Waals surface area (Å²) in [6.45, 7) is 3.12. The highest BCUT2D eigenvalue weighted by molar-refractivity contribution is 6.24. The van der Waals surface area contributed by atoms with Crippen molar-refractivity contribution in [2.24, 2.45) is 0 Å². The van der Waals surface area contributed by atoms with E-state index in [1.54, 1.807) is 24.4 Å². The van der Waals surface area contributed by atoms with Gasteiger partial charge in [-0.15, -0.1) is 0 Å². The van der Waals surface area contributed by atoms with E-state index in [1.807, 2.05) is 10.9 Å². The van der Waals surface area contributed by atoms with Gasteiger partial charge in [0.05, 0.1) is 42.3 Å². The van der Waals surface area contributed by atoms with Gasteiger partial charge in [-0.25, -0.2) is 0 Å². The summed E-state index contributed by atoms with van der Waals surface area (Å²) in [5.41, 5.74) is 1.97. The maximum atomic E-state index is 13.2. The van der Waals surface area contributed by atoms with Crippen LogP contribution in [0.3, 0.4) is 0 Å². The second-order valence-corrected chi connectivity index (χ2v) is 8.28. The molecule has 0 bridgehead atoms. The summed E-state index contributed by atoms with van der Waals surface area (Å²) in [6.07, 6.45) is 3.80. The summed E-state index contributed by atoms with van der Waals surface area (Å²) in [4.78, 5) is 50.9. The van der Waals surface area contributed by atoms with E-state index in [4.69, 9.17) is 4.74 Å². The SMILES string of the molecule is O=C1CCC(N2C(=O)c3cccc(CNc4cnn(C5CNCCOC5)c4)c3C2=O)C(=O)N1. The summed E-state index contributed by atoms with van der Waals surface area (Å²) in [5, 5.41) is 13.2. The van der Waals surface area contributed by atoms with Crippen LogP contribution in [0.4, 0.5) is 5.69 Å². The molecule has 0 spiro atoms. The van der Waals surface area contributed by atoms with Crippen molar-refractivity contribution in [3.05, 3.63) is 47.3 Å². The van der Waals surface area contributed by atoms with Crippen LogP contribution in [0.1, 0.15) is 45.2 Å². The maximum Gasteiger partial charge on any atom is 0.262 e. The summed E-state index contributed by atoms with van der Waals surface area (Å²) in [7, 11) is 0. The number of imide groups is 2. The van der Waals surface area contributed by atoms with E-state index >= 15 is 0 Å². The fourth-order valence-corrected chi connectivity index (χ4v) is 4.42. The summed E-state index contributed by atoms with van der Waals surface area (Å²) in [6, 6.07) is 4.18. The topological polar surface area (TPSA) is 135 Å². The standard InChI is InChI=1S/C22H24N6O5/c29-18-5-4-17(20(30)26-18)28-21(31)16-3-1-2-13(19(16)22(28)32)8-24-14-9-25-27(11-14)15-10-23-6-7-33-12-15/h1-3,9,11,15,17,23-24H,4-8,10,12H2,(H,26,29,30). The molecule has 0 radical (unpaired) electrons. The van der Waals surface area contributed by atoms with Crippen LogP contribution in [0.2, 0.25) is 0 Å². The van der Waals surface area contributed by atoms with Gasteiger partial charge in [0.2, 0.25) is 11.8 Å². The lowest BCUT2D eigenvalue weighted by atomic mass is 10.0. The minimum absolute atomic E-state index is 0.0871. The quantitative estimate of drug-likeness (QED) is 0.542. The number of fused-ring (bicyclic) bond motifs is 1. The Morgan fingerprint density at radius 3 is 2.91 bits per heavy atom. The number of nitrogens with zero attached hydrogens (tertiary/aromatic N) is 3. The first-order valence-electron chi connectivity index (χ1n) is 10.9. The lowest BCUT2D eigenvalue weighted by molar-refractivity contribution is -0.136. The maximum absolute atomic E-state index is 13.2. The lowest BCUT2D eigenvalue weighted by Gasteiger charge is -2.27. The molecule has 11 nitrogen and oxygen atoms in total. The predicted molar refractivity (Wildman–Crippen MR) is 115 cm³/mol. The Hall–Kier alpha value is -3.57. The van der Waals surface area contributed by atoms with Crippen LogP contribution in [0.25, 0.3) is 0 Å². The molecule has 2 unspecified atom stereocenters. The Morgan fingerprint density at radius 1 is 1.18 bits per heavy atom. The Morgan fingerprint density at radius 2 is 2.06 bits per heavy atom. The third kappa shape index (κ3) is 4.00. The largest absolute Gasteiger partial charge is 0.378 e. The molecule has 0 aliphatic carbocycles. The third-order valence-corrected chi connectivity index (χ3v) is 6.13. The average molecular weight is 452 g/mol. The van der Waals surface area contributed by atoms with E-state index in [0.717, 1.165) is 23.7 Å². The van der Waals surface area contributed by atoms with Gasteiger partial charge in [0.25, 0.3) is 11.8 Å². The fraction of sp³-hybridized carbons (Fsp3) is 0.409. The van der Waals surface area contributed by atoms with E-state index in [9.17, 15) is 19.2 Å². The molecule has 2 saturated heterocycles. The van der Waals surface area contributed by atoms with Crippen molar-refractivity contribution in [1.82, 2.24) is 25.3 Å². The van der Waals surface area contributed by atoms with Gasteiger partial charge in [0, 0.05) is 32.3 Å². The number of amides is 4. The van der Waals surface area contributed by atoms with Gasteiger partial charge in [-0.05, 0) is 18.1 Å². The first kappa shape index (κ1) is 21.3. The lowest BCUT2D eigenvalue weighted by Crippen LogP contribution is -2.54. The Bertz CT molecular complexity index is 1120. The predicted octanol–water partition coefficient (Wildman–Crippen LogP) is 0.0573. The number of hydrogen-bond donors (Lipinski definition) is 3. The number of ether oxygens (including phenoxy) is 1. The van der Waals surface area contributed by atoms with Crippen molar-refractivity contribution in [1.29, 1.82) is 0 Å².